The Balaban J connectivity index is 0.00000105. The predicted molar refractivity (Wildman–Crippen MR) is 114 cm³/mol. The van der Waals surface area contributed by atoms with Crippen LogP contribution in [0, 0.1) is 5.92 Å². The van der Waals surface area contributed by atoms with E-state index in [-0.39, 0.29) is 0 Å². The molecular formula is C23H38N2O. The van der Waals surface area contributed by atoms with Crippen molar-refractivity contribution < 1.29 is 4.79 Å². The Kier molecular flexibility index (Phi) is 11.0. The first kappa shape index (κ1) is 22.4. The molecule has 0 unspecified atom stereocenters. The van der Waals surface area contributed by atoms with E-state index < -0.39 is 0 Å². The van der Waals surface area contributed by atoms with Crippen LogP contribution in [0.5, 0.6) is 0 Å². The number of benzene rings is 1. The van der Waals surface area contributed by atoms with E-state index in [9.17, 15) is 4.79 Å². The Morgan fingerprint density at radius 1 is 1.23 bits per heavy atom. The summed E-state index contributed by atoms with van der Waals surface area (Å²) in [6.45, 7) is 14.0. The lowest BCUT2D eigenvalue weighted by Crippen LogP contribution is -2.31. The van der Waals surface area contributed by atoms with Gasteiger partial charge >= 0.3 is 0 Å². The van der Waals surface area contributed by atoms with Gasteiger partial charge in [-0.05, 0) is 81.1 Å². The fourth-order valence-electron chi connectivity index (χ4n) is 3.27. The Hall–Kier alpha value is -1.61. The van der Waals surface area contributed by atoms with Crippen molar-refractivity contribution in [3.8, 4) is 0 Å². The molecule has 0 spiro atoms. The van der Waals surface area contributed by atoms with Gasteiger partial charge in [-0.25, -0.2) is 0 Å². The molecule has 3 nitrogen and oxygen atoms in total. The average Bonchev–Trinajstić information content (AvgIpc) is 2.64. The fraction of sp³-hybridized carbons (Fsp3) is 0.609. The number of piperidine rings is 1. The van der Waals surface area contributed by atoms with Gasteiger partial charge in [-0.15, -0.1) is 0 Å². The molecule has 0 radical (unpaired) electrons. The third-order valence-electron chi connectivity index (χ3n) is 4.77. The highest BCUT2D eigenvalue weighted by Crippen LogP contribution is 2.20. The topological polar surface area (TPSA) is 32.3 Å². The van der Waals surface area contributed by atoms with Gasteiger partial charge in [0, 0.05) is 17.8 Å². The van der Waals surface area contributed by atoms with Gasteiger partial charge < -0.3 is 10.2 Å². The van der Waals surface area contributed by atoms with Gasteiger partial charge in [0.25, 0.3) is 0 Å². The summed E-state index contributed by atoms with van der Waals surface area (Å²) in [4.78, 5) is 13.5. The van der Waals surface area contributed by atoms with Crippen molar-refractivity contribution in [1.29, 1.82) is 0 Å². The van der Waals surface area contributed by atoms with Crippen LogP contribution >= 0.6 is 0 Å². The average molecular weight is 359 g/mol. The minimum Gasteiger partial charge on any atom is -0.385 e. The van der Waals surface area contributed by atoms with Crippen molar-refractivity contribution in [2.45, 2.75) is 59.3 Å². The van der Waals surface area contributed by atoms with E-state index in [1.165, 1.54) is 44.3 Å². The lowest BCUT2D eigenvalue weighted by Gasteiger charge is -2.29. The van der Waals surface area contributed by atoms with Crippen LogP contribution < -0.4 is 5.32 Å². The number of carbonyl (C=O) groups excluding carboxylic acids is 1. The molecule has 1 N–H and O–H groups in total. The second-order valence-corrected chi connectivity index (χ2v) is 7.48. The number of rotatable bonds is 8. The van der Waals surface area contributed by atoms with Crippen LogP contribution in [0.3, 0.4) is 0 Å². The summed E-state index contributed by atoms with van der Waals surface area (Å²) in [5.41, 5.74) is 3.93. The molecule has 0 amide bonds. The van der Waals surface area contributed by atoms with E-state index in [4.69, 9.17) is 0 Å². The highest BCUT2D eigenvalue weighted by Gasteiger charge is 2.16. The number of hydrogen-bond donors (Lipinski definition) is 1. The van der Waals surface area contributed by atoms with Crippen LogP contribution in [0.15, 0.2) is 24.8 Å². The standard InChI is InChI=1S/C20H30N2O.C3H8/c1-4-5-18-12-19(15-23)14-20(13-18)16(2)21-9-6-17-7-10-22(3)11-8-17;1-3-2/h12-15,17,21H,2,4-11H2,1,3H3;3H2,1-2H3. The number of carbonyl (C=O) groups is 1. The third-order valence-corrected chi connectivity index (χ3v) is 4.77. The van der Waals surface area contributed by atoms with E-state index in [1.54, 1.807) is 0 Å². The summed E-state index contributed by atoms with van der Waals surface area (Å²) in [6, 6.07) is 6.06. The zero-order valence-corrected chi connectivity index (χ0v) is 17.3. The maximum Gasteiger partial charge on any atom is 0.150 e. The van der Waals surface area contributed by atoms with E-state index in [2.05, 4.69) is 50.7 Å². The maximum atomic E-state index is 11.1. The molecule has 0 aliphatic carbocycles. The van der Waals surface area contributed by atoms with Gasteiger partial charge in [0.05, 0.1) is 0 Å². The second kappa shape index (κ2) is 12.7. The number of aldehydes is 1. The number of aryl methyl sites for hydroxylation is 1. The summed E-state index contributed by atoms with van der Waals surface area (Å²) in [7, 11) is 2.20. The van der Waals surface area contributed by atoms with Crippen LogP contribution in [0.25, 0.3) is 5.70 Å². The summed E-state index contributed by atoms with van der Waals surface area (Å²) in [5.74, 6) is 0.823. The summed E-state index contributed by atoms with van der Waals surface area (Å²) >= 11 is 0. The predicted octanol–water partition coefficient (Wildman–Crippen LogP) is 5.16. The highest BCUT2D eigenvalue weighted by molar-refractivity contribution is 5.78. The molecule has 0 atom stereocenters. The van der Waals surface area contributed by atoms with Crippen LogP contribution in [-0.2, 0) is 6.42 Å². The SMILES string of the molecule is C=C(NCCC1CCN(C)CC1)c1cc(C=O)cc(CCC)c1.CCC. The first-order valence-corrected chi connectivity index (χ1v) is 10.2. The monoisotopic (exact) mass is 358 g/mol. The van der Waals surface area contributed by atoms with E-state index in [1.807, 2.05) is 12.1 Å². The molecule has 0 aromatic heterocycles. The molecule has 1 fully saturated rings. The number of likely N-dealkylation sites (tertiary alicyclic amines) is 1. The first-order chi connectivity index (χ1) is 12.5. The quantitative estimate of drug-likeness (QED) is 0.651. The first-order valence-electron chi connectivity index (χ1n) is 10.2. The minimum absolute atomic E-state index is 0.740. The Morgan fingerprint density at radius 3 is 2.46 bits per heavy atom. The number of nitrogens with one attached hydrogen (secondary N) is 1. The summed E-state index contributed by atoms with van der Waals surface area (Å²) < 4.78 is 0. The summed E-state index contributed by atoms with van der Waals surface area (Å²) in [5, 5.41) is 3.45. The van der Waals surface area contributed by atoms with E-state index in [0.29, 0.717) is 0 Å². The molecular weight excluding hydrogens is 320 g/mol. The van der Waals surface area contributed by atoms with Crippen molar-refractivity contribution in [3.63, 3.8) is 0 Å². The van der Waals surface area contributed by atoms with Crippen molar-refractivity contribution in [2.75, 3.05) is 26.7 Å². The van der Waals surface area contributed by atoms with Crippen molar-refractivity contribution in [2.24, 2.45) is 5.92 Å². The fourth-order valence-corrected chi connectivity index (χ4v) is 3.27. The van der Waals surface area contributed by atoms with Gasteiger partial charge in [0.2, 0.25) is 0 Å². The number of hydrogen-bond acceptors (Lipinski definition) is 3. The smallest absolute Gasteiger partial charge is 0.150 e. The molecule has 1 aliphatic rings. The third kappa shape index (κ3) is 8.18. The van der Waals surface area contributed by atoms with Gasteiger partial charge in [0.15, 0.2) is 0 Å². The Labute approximate surface area is 160 Å². The summed E-state index contributed by atoms with van der Waals surface area (Å²) in [6.07, 6.45) is 8.05. The molecule has 1 saturated heterocycles. The maximum absolute atomic E-state index is 11.1. The van der Waals surface area contributed by atoms with Crippen molar-refractivity contribution in [3.05, 3.63) is 41.5 Å². The molecule has 26 heavy (non-hydrogen) atoms. The lowest BCUT2D eigenvalue weighted by atomic mass is 9.94. The molecule has 1 heterocycles. The van der Waals surface area contributed by atoms with Crippen LogP contribution in [-0.4, -0.2) is 37.9 Å². The Morgan fingerprint density at radius 2 is 1.88 bits per heavy atom. The second-order valence-electron chi connectivity index (χ2n) is 7.48. The highest BCUT2D eigenvalue weighted by atomic mass is 16.1. The largest absolute Gasteiger partial charge is 0.385 e. The van der Waals surface area contributed by atoms with E-state index in [0.717, 1.165) is 48.4 Å². The molecule has 1 aromatic carbocycles. The zero-order chi connectivity index (χ0) is 19.4. The molecule has 0 bridgehead atoms. The molecule has 1 aliphatic heterocycles. The van der Waals surface area contributed by atoms with Crippen molar-refractivity contribution >= 4 is 12.0 Å². The Bertz CT molecular complexity index is 545. The van der Waals surface area contributed by atoms with Gasteiger partial charge in [-0.1, -0.05) is 40.2 Å². The lowest BCUT2D eigenvalue weighted by molar-refractivity contribution is 0.112. The van der Waals surface area contributed by atoms with Crippen LogP contribution in [0.4, 0.5) is 0 Å². The van der Waals surface area contributed by atoms with Gasteiger partial charge in [-0.3, -0.25) is 4.79 Å². The van der Waals surface area contributed by atoms with Crippen LogP contribution in [0.1, 0.15) is 74.4 Å². The zero-order valence-electron chi connectivity index (χ0n) is 17.3. The normalized spacial score (nSPS) is 15.1. The molecule has 1 aromatic rings. The van der Waals surface area contributed by atoms with Gasteiger partial charge in [0.1, 0.15) is 6.29 Å². The minimum atomic E-state index is 0.740. The molecule has 0 saturated carbocycles. The molecule has 3 heteroatoms. The molecule has 2 rings (SSSR count). The van der Waals surface area contributed by atoms with Crippen LogP contribution in [0.2, 0.25) is 0 Å². The van der Waals surface area contributed by atoms with E-state index >= 15 is 0 Å². The van der Waals surface area contributed by atoms with Gasteiger partial charge in [-0.2, -0.15) is 0 Å². The van der Waals surface area contributed by atoms with Crippen molar-refractivity contribution in [1.82, 2.24) is 10.2 Å². The number of nitrogens with zero attached hydrogens (tertiary/aromatic N) is 1. The molecule has 146 valence electrons.